The Bertz CT molecular complexity index is 351. The van der Waals surface area contributed by atoms with E-state index in [1.807, 2.05) is 20.0 Å². The maximum atomic E-state index is 11.0. The highest BCUT2D eigenvalue weighted by atomic mass is 32.2. The van der Waals surface area contributed by atoms with Crippen LogP contribution in [0, 0.1) is 6.92 Å². The predicted molar refractivity (Wildman–Crippen MR) is 58.7 cm³/mol. The highest BCUT2D eigenvalue weighted by Gasteiger charge is 2.14. The van der Waals surface area contributed by atoms with Gasteiger partial charge in [-0.1, -0.05) is 0 Å². The second kappa shape index (κ2) is 5.18. The van der Waals surface area contributed by atoms with Crippen molar-refractivity contribution in [3.05, 3.63) is 11.8 Å². The van der Waals surface area contributed by atoms with Gasteiger partial charge in [0.05, 0.1) is 17.8 Å². The molecule has 15 heavy (non-hydrogen) atoms. The number of methoxy groups -OCH3 is 1. The van der Waals surface area contributed by atoms with Gasteiger partial charge >= 0.3 is 5.97 Å². The molecular formula is C9H15N3O2S. The number of esters is 1. The second-order valence-corrected chi connectivity index (χ2v) is 4.23. The topological polar surface area (TPSA) is 70.1 Å². The lowest BCUT2D eigenvalue weighted by Gasteiger charge is -2.08. The number of nitrogens with two attached hydrogens (primary N) is 1. The Morgan fingerprint density at radius 3 is 2.93 bits per heavy atom. The van der Waals surface area contributed by atoms with Gasteiger partial charge in [-0.25, -0.2) is 0 Å². The van der Waals surface area contributed by atoms with E-state index in [0.717, 1.165) is 10.7 Å². The molecule has 0 aliphatic heterocycles. The van der Waals surface area contributed by atoms with Crippen LogP contribution in [0.3, 0.4) is 0 Å². The first kappa shape index (κ1) is 12.1. The van der Waals surface area contributed by atoms with Crippen LogP contribution in [0.5, 0.6) is 0 Å². The Hall–Kier alpha value is -1.01. The lowest BCUT2D eigenvalue weighted by Crippen LogP contribution is -2.33. The number of ether oxygens (including phenoxy) is 1. The standard InChI is InChI=1S/C9H15N3O2S/c1-6-4-8(12(2)11-6)15-5-7(10)9(13)14-3/h4,7H,5,10H2,1-3H3. The lowest BCUT2D eigenvalue weighted by molar-refractivity contribution is -0.141. The van der Waals surface area contributed by atoms with Gasteiger partial charge < -0.3 is 10.5 Å². The van der Waals surface area contributed by atoms with Gasteiger partial charge in [-0.2, -0.15) is 5.10 Å². The average molecular weight is 229 g/mol. The summed E-state index contributed by atoms with van der Waals surface area (Å²) in [5.41, 5.74) is 6.56. The van der Waals surface area contributed by atoms with Gasteiger partial charge in [0.25, 0.3) is 0 Å². The van der Waals surface area contributed by atoms with E-state index in [0.29, 0.717) is 5.75 Å². The van der Waals surface area contributed by atoms with Gasteiger partial charge in [0, 0.05) is 12.8 Å². The van der Waals surface area contributed by atoms with Crippen LogP contribution in [-0.2, 0) is 16.6 Å². The van der Waals surface area contributed by atoms with Crippen molar-refractivity contribution in [1.29, 1.82) is 0 Å². The second-order valence-electron chi connectivity index (χ2n) is 3.19. The first-order valence-electron chi connectivity index (χ1n) is 4.51. The van der Waals surface area contributed by atoms with E-state index < -0.39 is 6.04 Å². The molecule has 5 nitrogen and oxygen atoms in total. The molecule has 2 N–H and O–H groups in total. The summed E-state index contributed by atoms with van der Waals surface area (Å²) < 4.78 is 6.30. The van der Waals surface area contributed by atoms with Crippen molar-refractivity contribution in [1.82, 2.24) is 9.78 Å². The molecule has 0 saturated heterocycles. The van der Waals surface area contributed by atoms with E-state index in [1.54, 1.807) is 4.68 Å². The number of carbonyl (C=O) groups excluding carboxylic acids is 1. The third-order valence-electron chi connectivity index (χ3n) is 1.87. The molecule has 0 aliphatic carbocycles. The molecule has 0 bridgehead atoms. The Balaban J connectivity index is 2.50. The third kappa shape index (κ3) is 3.24. The number of rotatable bonds is 4. The van der Waals surface area contributed by atoms with Gasteiger partial charge in [0.15, 0.2) is 0 Å². The number of thioether (sulfide) groups is 1. The molecule has 84 valence electrons. The molecule has 1 aromatic heterocycles. The van der Waals surface area contributed by atoms with Crippen molar-refractivity contribution in [2.45, 2.75) is 18.0 Å². The first-order valence-corrected chi connectivity index (χ1v) is 5.50. The maximum absolute atomic E-state index is 11.0. The lowest BCUT2D eigenvalue weighted by atomic mass is 10.4. The summed E-state index contributed by atoms with van der Waals surface area (Å²) in [6.07, 6.45) is 0. The van der Waals surface area contributed by atoms with Gasteiger partial charge in [0.2, 0.25) is 0 Å². The minimum atomic E-state index is -0.588. The summed E-state index contributed by atoms with van der Waals surface area (Å²) in [6.45, 7) is 1.92. The van der Waals surface area contributed by atoms with E-state index >= 15 is 0 Å². The molecule has 1 unspecified atom stereocenters. The number of carbonyl (C=O) groups is 1. The zero-order chi connectivity index (χ0) is 11.4. The van der Waals surface area contributed by atoms with Crippen LogP contribution >= 0.6 is 11.8 Å². The van der Waals surface area contributed by atoms with Crippen LogP contribution in [0.4, 0.5) is 0 Å². The largest absolute Gasteiger partial charge is 0.468 e. The fraction of sp³-hybridized carbons (Fsp3) is 0.556. The van der Waals surface area contributed by atoms with E-state index in [4.69, 9.17) is 5.73 Å². The van der Waals surface area contributed by atoms with Crippen molar-refractivity contribution < 1.29 is 9.53 Å². The first-order chi connectivity index (χ1) is 7.04. The van der Waals surface area contributed by atoms with Crippen molar-refractivity contribution in [3.8, 4) is 0 Å². The van der Waals surface area contributed by atoms with Gasteiger partial charge in [-0.05, 0) is 13.0 Å². The fourth-order valence-corrected chi connectivity index (χ4v) is 2.08. The summed E-state index contributed by atoms with van der Waals surface area (Å²) in [5.74, 6) is 0.104. The Labute approximate surface area is 93.0 Å². The van der Waals surface area contributed by atoms with Crippen LogP contribution in [0.1, 0.15) is 5.69 Å². The summed E-state index contributed by atoms with van der Waals surface area (Å²) in [5, 5.41) is 5.19. The molecule has 1 heterocycles. The van der Waals surface area contributed by atoms with Crippen molar-refractivity contribution in [3.63, 3.8) is 0 Å². The van der Waals surface area contributed by atoms with Crippen LogP contribution < -0.4 is 5.73 Å². The minimum Gasteiger partial charge on any atom is -0.468 e. The zero-order valence-corrected chi connectivity index (χ0v) is 9.87. The normalized spacial score (nSPS) is 12.5. The van der Waals surface area contributed by atoms with Gasteiger partial charge in [-0.15, -0.1) is 11.8 Å². The molecule has 0 saturated carbocycles. The molecule has 6 heteroatoms. The molecule has 0 amide bonds. The van der Waals surface area contributed by atoms with E-state index in [2.05, 4.69) is 9.84 Å². The van der Waals surface area contributed by atoms with Crippen LogP contribution in [-0.4, -0.2) is 34.7 Å². The summed E-state index contributed by atoms with van der Waals surface area (Å²) in [7, 11) is 3.19. The summed E-state index contributed by atoms with van der Waals surface area (Å²) in [6, 6.07) is 1.37. The Morgan fingerprint density at radius 2 is 2.47 bits per heavy atom. The summed E-state index contributed by atoms with van der Waals surface area (Å²) in [4.78, 5) is 11.0. The highest BCUT2D eigenvalue weighted by molar-refractivity contribution is 7.99. The molecular weight excluding hydrogens is 214 g/mol. The number of hydrogen-bond donors (Lipinski definition) is 1. The third-order valence-corrected chi connectivity index (χ3v) is 3.08. The molecule has 0 radical (unpaired) electrons. The van der Waals surface area contributed by atoms with Crippen molar-refractivity contribution in [2.75, 3.05) is 12.9 Å². The highest BCUT2D eigenvalue weighted by Crippen LogP contribution is 2.18. The summed E-state index contributed by atoms with van der Waals surface area (Å²) >= 11 is 1.49. The van der Waals surface area contributed by atoms with Gasteiger partial charge in [0.1, 0.15) is 6.04 Å². The van der Waals surface area contributed by atoms with Crippen LogP contribution in [0.2, 0.25) is 0 Å². The van der Waals surface area contributed by atoms with Gasteiger partial charge in [-0.3, -0.25) is 9.48 Å². The number of aryl methyl sites for hydroxylation is 2. The average Bonchev–Trinajstić information content (AvgIpc) is 2.52. The molecule has 0 aliphatic rings. The quantitative estimate of drug-likeness (QED) is 0.595. The number of hydrogen-bond acceptors (Lipinski definition) is 5. The zero-order valence-electron chi connectivity index (χ0n) is 9.06. The monoisotopic (exact) mass is 229 g/mol. The van der Waals surface area contributed by atoms with Crippen LogP contribution in [0.15, 0.2) is 11.1 Å². The van der Waals surface area contributed by atoms with E-state index in [1.165, 1.54) is 18.9 Å². The molecule has 0 fully saturated rings. The van der Waals surface area contributed by atoms with E-state index in [-0.39, 0.29) is 5.97 Å². The fourth-order valence-electron chi connectivity index (χ4n) is 1.12. The Kier molecular flexibility index (Phi) is 4.16. The molecule has 0 spiro atoms. The number of aromatic nitrogens is 2. The predicted octanol–water partition coefficient (Wildman–Crippen LogP) is 0.321. The SMILES string of the molecule is COC(=O)C(N)CSc1cc(C)nn1C. The van der Waals surface area contributed by atoms with Crippen molar-refractivity contribution >= 4 is 17.7 Å². The van der Waals surface area contributed by atoms with Crippen molar-refractivity contribution in [2.24, 2.45) is 12.8 Å². The Morgan fingerprint density at radius 1 is 1.80 bits per heavy atom. The number of nitrogens with zero attached hydrogens (tertiary/aromatic N) is 2. The van der Waals surface area contributed by atoms with Crippen LogP contribution in [0.25, 0.3) is 0 Å². The molecule has 1 atom stereocenters. The minimum absolute atomic E-state index is 0.388. The molecule has 1 aromatic rings. The van der Waals surface area contributed by atoms with E-state index in [9.17, 15) is 4.79 Å². The maximum Gasteiger partial charge on any atom is 0.323 e. The smallest absolute Gasteiger partial charge is 0.323 e. The molecule has 1 rings (SSSR count). The molecule has 0 aromatic carbocycles.